The number of fused-ring (bicyclic) bond motifs is 3. The minimum Gasteiger partial charge on any atom is -0.466 e. The van der Waals surface area contributed by atoms with Gasteiger partial charge in [0.1, 0.15) is 0 Å². The largest absolute Gasteiger partial charge is 0.466 e. The fourth-order valence-corrected chi connectivity index (χ4v) is 4.52. The number of carbonyl (C=O) groups is 1. The van der Waals surface area contributed by atoms with E-state index in [1.165, 1.54) is 17.7 Å². The topological polar surface area (TPSA) is 84.7 Å². The number of nitrogens with one attached hydrogen (secondary N) is 1. The van der Waals surface area contributed by atoms with Crippen molar-refractivity contribution >= 4 is 23.0 Å². The second kappa shape index (κ2) is 7.14. The lowest BCUT2D eigenvalue weighted by atomic mass is 9.81. The molecule has 0 aromatic heterocycles. The molecule has 0 radical (unpaired) electrons. The molecule has 0 bridgehead atoms. The maximum Gasteiger partial charge on any atom is 0.311 e. The van der Waals surface area contributed by atoms with Crippen molar-refractivity contribution in [2.45, 2.75) is 38.4 Å². The number of hydrogen-bond donors (Lipinski definition) is 1. The Morgan fingerprint density at radius 3 is 2.64 bits per heavy atom. The van der Waals surface area contributed by atoms with Crippen LogP contribution in [0, 0.1) is 16.0 Å². The number of hydrogen-bond acceptors (Lipinski definition) is 6. The van der Waals surface area contributed by atoms with Crippen molar-refractivity contribution in [1.82, 2.24) is 0 Å². The van der Waals surface area contributed by atoms with Gasteiger partial charge in [-0.25, -0.2) is 0 Å². The quantitative estimate of drug-likeness (QED) is 0.491. The molecule has 1 N–H and O–H groups in total. The lowest BCUT2D eigenvalue weighted by Gasteiger charge is -2.47. The molecule has 0 saturated carbocycles. The highest BCUT2D eigenvalue weighted by molar-refractivity contribution is 5.76. The lowest BCUT2D eigenvalue weighted by Crippen LogP contribution is -2.54. The molecular weight excluding hydrogens is 358 g/mol. The molecule has 2 aromatic carbocycles. The Balaban J connectivity index is 1.76. The van der Waals surface area contributed by atoms with Crippen LogP contribution < -0.4 is 10.2 Å². The van der Waals surface area contributed by atoms with E-state index in [9.17, 15) is 14.9 Å². The van der Waals surface area contributed by atoms with Crippen molar-refractivity contribution in [3.63, 3.8) is 0 Å². The van der Waals surface area contributed by atoms with E-state index in [4.69, 9.17) is 4.74 Å². The van der Waals surface area contributed by atoms with Gasteiger partial charge in [0.25, 0.3) is 5.69 Å². The van der Waals surface area contributed by atoms with E-state index < -0.39 is 4.92 Å². The van der Waals surface area contributed by atoms with Gasteiger partial charge in [0.05, 0.1) is 29.5 Å². The SMILES string of the molecule is CCOC(=O)C1CC2Nc3ccccc3C2N(c2ccc([N+](=O)[O-])cc2)C1C. The number of carbonyl (C=O) groups excluding carboxylic acids is 1. The highest BCUT2D eigenvalue weighted by atomic mass is 16.6. The fraction of sp³-hybridized carbons (Fsp3) is 0.381. The maximum absolute atomic E-state index is 12.6. The van der Waals surface area contributed by atoms with Gasteiger partial charge in [-0.15, -0.1) is 0 Å². The number of rotatable bonds is 4. The van der Waals surface area contributed by atoms with Crippen LogP contribution in [0.15, 0.2) is 48.5 Å². The predicted octanol–water partition coefficient (Wildman–Crippen LogP) is 3.91. The van der Waals surface area contributed by atoms with Crippen LogP contribution in [0.3, 0.4) is 0 Å². The van der Waals surface area contributed by atoms with Crippen molar-refractivity contribution in [2.24, 2.45) is 5.92 Å². The first kappa shape index (κ1) is 18.3. The van der Waals surface area contributed by atoms with E-state index in [2.05, 4.69) is 16.3 Å². The summed E-state index contributed by atoms with van der Waals surface area (Å²) >= 11 is 0. The first-order valence-corrected chi connectivity index (χ1v) is 9.56. The third kappa shape index (κ3) is 2.96. The Kier molecular flexibility index (Phi) is 4.66. The molecule has 146 valence electrons. The van der Waals surface area contributed by atoms with Crippen LogP contribution in [0.1, 0.15) is 31.9 Å². The van der Waals surface area contributed by atoms with Gasteiger partial charge >= 0.3 is 5.97 Å². The molecule has 1 fully saturated rings. The number of nitro groups is 1. The van der Waals surface area contributed by atoms with Crippen LogP contribution in [0.2, 0.25) is 0 Å². The molecule has 28 heavy (non-hydrogen) atoms. The van der Waals surface area contributed by atoms with Gasteiger partial charge in [-0.2, -0.15) is 0 Å². The summed E-state index contributed by atoms with van der Waals surface area (Å²) in [7, 11) is 0. The number of para-hydroxylation sites is 1. The number of nitrogens with zero attached hydrogens (tertiary/aromatic N) is 2. The van der Waals surface area contributed by atoms with Gasteiger partial charge in [-0.1, -0.05) is 18.2 Å². The van der Waals surface area contributed by atoms with E-state index in [0.717, 1.165) is 11.4 Å². The number of piperidine rings is 1. The zero-order valence-electron chi connectivity index (χ0n) is 15.9. The highest BCUT2D eigenvalue weighted by Gasteiger charge is 2.48. The van der Waals surface area contributed by atoms with Crippen LogP contribution >= 0.6 is 0 Å². The van der Waals surface area contributed by atoms with Crippen molar-refractivity contribution in [3.8, 4) is 0 Å². The summed E-state index contributed by atoms with van der Waals surface area (Å²) in [4.78, 5) is 25.5. The molecule has 4 rings (SSSR count). The van der Waals surface area contributed by atoms with Crippen LogP contribution in [0.25, 0.3) is 0 Å². The average molecular weight is 381 g/mol. The Bertz CT molecular complexity index is 899. The molecule has 4 unspecified atom stereocenters. The fourth-order valence-electron chi connectivity index (χ4n) is 4.52. The van der Waals surface area contributed by atoms with E-state index >= 15 is 0 Å². The van der Waals surface area contributed by atoms with Crippen molar-refractivity contribution in [2.75, 3.05) is 16.8 Å². The first-order chi connectivity index (χ1) is 13.5. The Morgan fingerprint density at radius 2 is 1.96 bits per heavy atom. The summed E-state index contributed by atoms with van der Waals surface area (Å²) in [5.41, 5.74) is 3.17. The van der Waals surface area contributed by atoms with Crippen molar-refractivity contribution < 1.29 is 14.5 Å². The minimum absolute atomic E-state index is 0.0526. The molecule has 2 aromatic rings. The molecule has 1 saturated heterocycles. The molecule has 4 atom stereocenters. The molecule has 0 spiro atoms. The van der Waals surface area contributed by atoms with Crippen LogP contribution in [-0.2, 0) is 9.53 Å². The lowest BCUT2D eigenvalue weighted by molar-refractivity contribution is -0.384. The van der Waals surface area contributed by atoms with Gasteiger partial charge in [0.15, 0.2) is 0 Å². The van der Waals surface area contributed by atoms with E-state index in [1.807, 2.05) is 32.0 Å². The number of esters is 1. The minimum atomic E-state index is -0.403. The van der Waals surface area contributed by atoms with E-state index in [1.54, 1.807) is 12.1 Å². The van der Waals surface area contributed by atoms with Gasteiger partial charge in [-0.05, 0) is 44.0 Å². The summed E-state index contributed by atoms with van der Waals surface area (Å²) in [5.74, 6) is -0.476. The number of benzene rings is 2. The van der Waals surface area contributed by atoms with Gasteiger partial charge in [0.2, 0.25) is 0 Å². The highest BCUT2D eigenvalue weighted by Crippen LogP contribution is 2.48. The van der Waals surface area contributed by atoms with Crippen molar-refractivity contribution in [3.05, 3.63) is 64.2 Å². The maximum atomic E-state index is 12.6. The Morgan fingerprint density at radius 1 is 1.25 bits per heavy atom. The number of anilines is 2. The van der Waals surface area contributed by atoms with E-state index in [0.29, 0.717) is 13.0 Å². The third-order valence-electron chi connectivity index (χ3n) is 5.78. The molecule has 7 nitrogen and oxygen atoms in total. The predicted molar refractivity (Wildman–Crippen MR) is 106 cm³/mol. The van der Waals surface area contributed by atoms with Crippen molar-refractivity contribution in [1.29, 1.82) is 0 Å². The molecule has 2 aliphatic rings. The molecule has 0 amide bonds. The first-order valence-electron chi connectivity index (χ1n) is 9.56. The Hall–Kier alpha value is -3.09. The average Bonchev–Trinajstić information content (AvgIpc) is 3.06. The molecule has 2 aliphatic heterocycles. The normalized spacial score (nSPS) is 25.4. The third-order valence-corrected chi connectivity index (χ3v) is 5.78. The molecule has 0 aliphatic carbocycles. The zero-order valence-corrected chi connectivity index (χ0v) is 15.9. The van der Waals surface area contributed by atoms with Crippen LogP contribution in [0.4, 0.5) is 17.1 Å². The number of nitro benzene ring substituents is 1. The Labute approximate surface area is 163 Å². The second-order valence-electron chi connectivity index (χ2n) is 7.30. The molecule has 7 heteroatoms. The second-order valence-corrected chi connectivity index (χ2v) is 7.30. The summed E-state index contributed by atoms with van der Waals surface area (Å²) in [6.07, 6.45) is 0.683. The van der Waals surface area contributed by atoms with Crippen LogP contribution in [0.5, 0.6) is 0 Å². The van der Waals surface area contributed by atoms with Gasteiger partial charge in [-0.3, -0.25) is 14.9 Å². The van der Waals surface area contributed by atoms with Gasteiger partial charge < -0.3 is 15.0 Å². The number of non-ortho nitro benzene ring substituents is 1. The standard InChI is InChI=1S/C21H23N3O4/c1-3-28-21(25)17-12-19-20(16-6-4-5-7-18(16)22-19)23(13(17)2)14-8-10-15(11-9-14)24(26)27/h4-11,13,17,19-20,22H,3,12H2,1-2H3. The number of ether oxygens (including phenoxy) is 1. The monoisotopic (exact) mass is 381 g/mol. The van der Waals surface area contributed by atoms with Crippen LogP contribution in [-0.4, -0.2) is 29.6 Å². The smallest absolute Gasteiger partial charge is 0.311 e. The molecular formula is C21H23N3O4. The zero-order chi connectivity index (χ0) is 19.8. The summed E-state index contributed by atoms with van der Waals surface area (Å²) < 4.78 is 5.33. The molecule has 2 heterocycles. The van der Waals surface area contributed by atoms with Gasteiger partial charge in [0, 0.05) is 29.5 Å². The summed E-state index contributed by atoms with van der Waals surface area (Å²) in [6, 6.07) is 14.7. The summed E-state index contributed by atoms with van der Waals surface area (Å²) in [5, 5.41) is 14.6. The summed E-state index contributed by atoms with van der Waals surface area (Å²) in [6.45, 7) is 4.19. The van der Waals surface area contributed by atoms with E-state index in [-0.39, 0.29) is 35.7 Å².